The van der Waals surface area contributed by atoms with Crippen LogP contribution >= 0.6 is 11.6 Å². The zero-order chi connectivity index (χ0) is 43.2. The summed E-state index contributed by atoms with van der Waals surface area (Å²) in [6, 6.07) is 13.8. The Labute approximate surface area is 371 Å². The third-order valence-corrected chi connectivity index (χ3v) is 16.7. The van der Waals surface area contributed by atoms with Crippen LogP contribution in [0.15, 0.2) is 65.2 Å². The van der Waals surface area contributed by atoms with E-state index in [0.29, 0.717) is 43.0 Å². The lowest BCUT2D eigenvalue weighted by Gasteiger charge is -2.46. The third kappa shape index (κ3) is 8.85. The second-order valence-electron chi connectivity index (χ2n) is 18.5. The number of nitrogens with one attached hydrogen (secondary N) is 1. The van der Waals surface area contributed by atoms with E-state index in [0.717, 1.165) is 94.4 Å². The van der Waals surface area contributed by atoms with Gasteiger partial charge in [-0.15, -0.1) is 4.36 Å². The minimum Gasteiger partial charge on any atom is -0.490 e. The topological polar surface area (TPSA) is 127 Å². The molecule has 1 spiro atoms. The molecule has 2 bridgehead atoms. The molecule has 8 atom stereocenters. The minimum absolute atomic E-state index is 0.115. The second-order valence-corrected chi connectivity index (χ2v) is 21.0. The highest BCUT2D eigenvalue weighted by Crippen LogP contribution is 2.47. The monoisotopic (exact) mass is 888 g/mol. The first kappa shape index (κ1) is 43.5. The van der Waals surface area contributed by atoms with Gasteiger partial charge in [0, 0.05) is 101 Å². The molecule has 9 rings (SSSR count). The van der Waals surface area contributed by atoms with Crippen LogP contribution in [-0.2, 0) is 49.6 Å². The molecule has 1 N–H and O–H groups in total. The van der Waals surface area contributed by atoms with Crippen molar-refractivity contribution < 1.29 is 32.7 Å². The van der Waals surface area contributed by atoms with Crippen molar-refractivity contribution in [3.8, 4) is 5.75 Å². The molecular weight excluding hydrogens is 828 g/mol. The number of anilines is 1. The predicted molar refractivity (Wildman–Crippen MR) is 240 cm³/mol. The molecule has 3 aromatic rings. The average Bonchev–Trinajstić information content (AvgIpc) is 3.54. The van der Waals surface area contributed by atoms with E-state index in [1.165, 1.54) is 11.1 Å². The molecule has 2 aliphatic carbocycles. The number of ether oxygens (including phenoxy) is 4. The zero-order valence-corrected chi connectivity index (χ0v) is 38.0. The van der Waals surface area contributed by atoms with Crippen LogP contribution < -0.4 is 14.4 Å². The van der Waals surface area contributed by atoms with Crippen LogP contribution in [0.2, 0.25) is 5.02 Å². The number of benzene rings is 2. The van der Waals surface area contributed by atoms with E-state index in [2.05, 4.69) is 42.0 Å². The van der Waals surface area contributed by atoms with Gasteiger partial charge < -0.3 is 28.4 Å². The van der Waals surface area contributed by atoms with Crippen molar-refractivity contribution >= 4 is 39.0 Å². The quantitative estimate of drug-likeness (QED) is 0.300. The van der Waals surface area contributed by atoms with Crippen LogP contribution in [0, 0.1) is 17.8 Å². The highest BCUT2D eigenvalue weighted by molar-refractivity contribution is 7.92. The summed E-state index contributed by atoms with van der Waals surface area (Å²) in [5, 5.41) is 0.734. The standard InChI is InChI=1S/C47H61ClN6O7S/c1-31-28-62(57,50-46(56)35-21-37(51(2)23-35)25-52-16-17-53-18-19-60-27-38(53)26-52)49-45(55)33-8-12-44-41(22-33)54(24-34-7-10-39(34)43(59-4)14-13-42(31)58-3)29-47(30-61-44)15-5-6-32-20-36(48)9-11-40(32)47/h8-9,11-14,20-23,31,34,38-39,42-43H,5-7,10,15-19,24-30H2,1-4H3,(H,49,50,55,56,57)/t31-,34+,38+,39-,42+,43+,47+,62?/m1/s1. The summed E-state index contributed by atoms with van der Waals surface area (Å²) in [6.45, 7) is 9.75. The molecule has 1 unspecified atom stereocenters. The van der Waals surface area contributed by atoms with Crippen LogP contribution in [0.3, 0.4) is 0 Å². The highest BCUT2D eigenvalue weighted by Gasteiger charge is 2.45. The Kier molecular flexibility index (Phi) is 12.6. The van der Waals surface area contributed by atoms with Gasteiger partial charge in [0.15, 0.2) is 0 Å². The van der Waals surface area contributed by atoms with E-state index in [1.807, 2.05) is 48.9 Å². The Hall–Kier alpha value is -3.76. The van der Waals surface area contributed by atoms with Crippen LogP contribution in [0.5, 0.6) is 5.75 Å². The average molecular weight is 890 g/mol. The number of rotatable bonds is 6. The Morgan fingerprint density at radius 1 is 1.05 bits per heavy atom. The number of hydrogen-bond donors (Lipinski definition) is 1. The highest BCUT2D eigenvalue weighted by atomic mass is 35.5. The molecule has 334 valence electrons. The fourth-order valence-corrected chi connectivity index (χ4v) is 13.0. The molecule has 6 aliphatic rings. The number of methoxy groups -OCH3 is 2. The molecule has 13 nitrogen and oxygen atoms in total. The first-order valence-electron chi connectivity index (χ1n) is 22.3. The molecule has 3 fully saturated rings. The number of carbonyl (C=O) groups excluding carboxylic acids is 2. The number of halogens is 1. The maximum absolute atomic E-state index is 15.1. The maximum atomic E-state index is 15.1. The number of aryl methyl sites for hydroxylation is 2. The van der Waals surface area contributed by atoms with Crippen molar-refractivity contribution in [1.82, 2.24) is 19.1 Å². The number of nitrogens with zero attached hydrogens (tertiary/aromatic N) is 5. The molecular formula is C47H61ClN6O7S. The number of piperazine rings is 1. The normalized spacial score (nSPS) is 31.8. The Bertz CT molecular complexity index is 2330. The Morgan fingerprint density at radius 3 is 2.69 bits per heavy atom. The van der Waals surface area contributed by atoms with Crippen LogP contribution in [0.4, 0.5) is 5.69 Å². The SMILES string of the molecule is CO[C@H]1C=C[C@H](OC)[C@H](C)CS(=O)(NC(=O)c2cc(CN3CCN4CCOC[C@@H]4C3)n(C)c2)=NC(=O)c2ccc3c(c2)N(C[C@@H]2CC[C@H]21)C[C@@]1(CCCc2cc(Cl)ccc21)CO3. The summed E-state index contributed by atoms with van der Waals surface area (Å²) in [4.78, 5) is 35.8. The van der Waals surface area contributed by atoms with E-state index in [-0.39, 0.29) is 28.8 Å². The molecule has 2 aromatic carbocycles. The molecule has 0 radical (unpaired) electrons. The lowest BCUT2D eigenvalue weighted by Crippen LogP contribution is -2.57. The van der Waals surface area contributed by atoms with E-state index in [9.17, 15) is 9.59 Å². The van der Waals surface area contributed by atoms with Gasteiger partial charge >= 0.3 is 0 Å². The number of hydrogen-bond acceptors (Lipinski definition) is 10. The summed E-state index contributed by atoms with van der Waals surface area (Å²) < 4.78 is 48.8. The fraction of sp³-hybridized carbons (Fsp3) is 0.574. The van der Waals surface area contributed by atoms with Gasteiger partial charge in [-0.25, -0.2) is 4.21 Å². The summed E-state index contributed by atoms with van der Waals surface area (Å²) in [5.41, 5.74) is 4.63. The van der Waals surface area contributed by atoms with Crippen molar-refractivity contribution in [2.45, 2.75) is 69.2 Å². The molecule has 5 heterocycles. The van der Waals surface area contributed by atoms with Crippen molar-refractivity contribution in [1.29, 1.82) is 0 Å². The maximum Gasteiger partial charge on any atom is 0.286 e. The number of amides is 2. The molecule has 2 saturated heterocycles. The van der Waals surface area contributed by atoms with Crippen LogP contribution in [0.25, 0.3) is 0 Å². The van der Waals surface area contributed by atoms with Gasteiger partial charge in [-0.2, -0.15) is 0 Å². The van der Waals surface area contributed by atoms with Gasteiger partial charge in [-0.05, 0) is 97.4 Å². The van der Waals surface area contributed by atoms with E-state index >= 15 is 4.21 Å². The van der Waals surface area contributed by atoms with Crippen molar-refractivity contribution in [2.24, 2.45) is 29.2 Å². The van der Waals surface area contributed by atoms with Crippen molar-refractivity contribution in [3.63, 3.8) is 0 Å². The predicted octanol–water partition coefficient (Wildman–Crippen LogP) is 5.88. The Morgan fingerprint density at radius 2 is 1.89 bits per heavy atom. The number of aromatic nitrogens is 1. The molecule has 1 aromatic heterocycles. The zero-order valence-electron chi connectivity index (χ0n) is 36.4. The third-order valence-electron chi connectivity index (χ3n) is 14.5. The molecule has 62 heavy (non-hydrogen) atoms. The van der Waals surface area contributed by atoms with Gasteiger partial charge in [0.25, 0.3) is 11.8 Å². The first-order valence-corrected chi connectivity index (χ1v) is 24.3. The Balaban J connectivity index is 1.05. The number of morpholine rings is 1. The summed E-state index contributed by atoms with van der Waals surface area (Å²) in [6.07, 6.45) is 10.2. The lowest BCUT2D eigenvalue weighted by atomic mass is 9.68. The van der Waals surface area contributed by atoms with Gasteiger partial charge in [-0.1, -0.05) is 36.7 Å². The largest absolute Gasteiger partial charge is 0.490 e. The van der Waals surface area contributed by atoms with E-state index in [1.54, 1.807) is 26.5 Å². The van der Waals surface area contributed by atoms with Crippen LogP contribution in [0.1, 0.15) is 70.1 Å². The van der Waals surface area contributed by atoms with Crippen molar-refractivity contribution in [3.05, 3.63) is 93.8 Å². The molecule has 1 saturated carbocycles. The minimum atomic E-state index is -3.69. The lowest BCUT2D eigenvalue weighted by molar-refractivity contribution is -0.0464. The van der Waals surface area contributed by atoms with Gasteiger partial charge in [0.1, 0.15) is 15.7 Å². The molecule has 15 heteroatoms. The van der Waals surface area contributed by atoms with E-state index < -0.39 is 33.8 Å². The summed E-state index contributed by atoms with van der Waals surface area (Å²) in [7, 11) is 1.59. The van der Waals surface area contributed by atoms with Gasteiger partial charge in [0.05, 0.1) is 49.0 Å². The smallest absolute Gasteiger partial charge is 0.286 e. The van der Waals surface area contributed by atoms with Crippen LogP contribution in [-0.4, -0.2) is 128 Å². The fourth-order valence-electron chi connectivity index (χ4n) is 10.9. The van der Waals surface area contributed by atoms with Gasteiger partial charge in [-0.3, -0.25) is 24.1 Å². The summed E-state index contributed by atoms with van der Waals surface area (Å²) in [5.74, 6) is -0.434. The van der Waals surface area contributed by atoms with Gasteiger partial charge in [0.2, 0.25) is 0 Å². The number of carbonyl (C=O) groups is 2. The molecule has 4 aliphatic heterocycles. The summed E-state index contributed by atoms with van der Waals surface area (Å²) >= 11 is 6.51. The molecule has 2 amide bonds. The van der Waals surface area contributed by atoms with E-state index in [4.69, 9.17) is 30.5 Å². The first-order chi connectivity index (χ1) is 29.9. The second kappa shape index (κ2) is 18.0. The van der Waals surface area contributed by atoms with Crippen molar-refractivity contribution in [2.75, 3.05) is 84.0 Å². The number of fused-ring (bicyclic) bond motifs is 5.